The summed E-state index contributed by atoms with van der Waals surface area (Å²) in [6, 6.07) is 9.89. The van der Waals surface area contributed by atoms with E-state index in [0.717, 1.165) is 27.8 Å². The highest BCUT2D eigenvalue weighted by Crippen LogP contribution is 2.29. The molecule has 0 bridgehead atoms. The molecule has 5 nitrogen and oxygen atoms in total. The van der Waals surface area contributed by atoms with E-state index in [2.05, 4.69) is 5.32 Å². The minimum absolute atomic E-state index is 0.0384. The van der Waals surface area contributed by atoms with E-state index in [9.17, 15) is 14.7 Å². The van der Waals surface area contributed by atoms with Gasteiger partial charge in [-0.25, -0.2) is 0 Å². The van der Waals surface area contributed by atoms with E-state index in [1.54, 1.807) is 4.90 Å². The first-order chi connectivity index (χ1) is 11.1. The van der Waals surface area contributed by atoms with Gasteiger partial charge in [0.1, 0.15) is 6.10 Å². The minimum atomic E-state index is -0.728. The van der Waals surface area contributed by atoms with Crippen LogP contribution in [0.1, 0.15) is 30.2 Å². The normalized spacial score (nSPS) is 16.6. The second kappa shape index (κ2) is 7.10. The van der Waals surface area contributed by atoms with Crippen LogP contribution in [0.4, 0.5) is 0 Å². The summed E-state index contributed by atoms with van der Waals surface area (Å²) in [5, 5.41) is 14.1. The third-order valence-electron chi connectivity index (χ3n) is 4.02. The third kappa shape index (κ3) is 3.89. The smallest absolute Gasteiger partial charge is 0.239 e. The van der Waals surface area contributed by atoms with Crippen molar-refractivity contribution in [3.63, 3.8) is 0 Å². The number of nitrogens with one attached hydrogen (secondary N) is 1. The molecule has 0 spiro atoms. The molecule has 0 radical (unpaired) electrons. The fraction of sp³-hybridized carbons (Fsp3) is 0.412. The molecule has 6 heteroatoms. The van der Waals surface area contributed by atoms with Crippen molar-refractivity contribution in [2.75, 3.05) is 19.6 Å². The van der Waals surface area contributed by atoms with Gasteiger partial charge in [-0.15, -0.1) is 11.3 Å². The number of aliphatic hydroxyl groups excluding tert-OH is 1. The van der Waals surface area contributed by atoms with Crippen LogP contribution in [0.3, 0.4) is 0 Å². The maximum absolute atomic E-state index is 12.0. The number of fused-ring (bicyclic) bond motifs is 1. The van der Waals surface area contributed by atoms with Crippen molar-refractivity contribution >= 4 is 33.2 Å². The topological polar surface area (TPSA) is 69.6 Å². The van der Waals surface area contributed by atoms with Crippen LogP contribution in [-0.2, 0) is 9.59 Å². The number of rotatable bonds is 5. The Balaban J connectivity index is 1.52. The van der Waals surface area contributed by atoms with Gasteiger partial charge in [0.05, 0.1) is 6.54 Å². The number of hydrogen-bond donors (Lipinski definition) is 2. The van der Waals surface area contributed by atoms with Crippen LogP contribution in [-0.4, -0.2) is 41.5 Å². The van der Waals surface area contributed by atoms with Crippen molar-refractivity contribution in [3.8, 4) is 0 Å². The van der Waals surface area contributed by atoms with E-state index >= 15 is 0 Å². The number of carbonyl (C=O) groups is 2. The standard InChI is InChI=1S/C17H20N2O3S/c20-13(15-9-12-5-1-2-6-14(12)23-15)10-18-16(21)11-19-8-4-3-7-17(19)22/h1-2,5-6,9,13,20H,3-4,7-8,10-11H2,(H,18,21). The van der Waals surface area contributed by atoms with Crippen molar-refractivity contribution in [2.45, 2.75) is 25.4 Å². The summed E-state index contributed by atoms with van der Waals surface area (Å²) in [6.45, 7) is 0.886. The van der Waals surface area contributed by atoms with Gasteiger partial charge in [-0.3, -0.25) is 9.59 Å². The SMILES string of the molecule is O=C(CN1CCCCC1=O)NCC(O)c1cc2ccccc2s1. The molecule has 2 amide bonds. The molecule has 0 saturated carbocycles. The quantitative estimate of drug-likeness (QED) is 0.880. The van der Waals surface area contributed by atoms with Crippen molar-refractivity contribution in [2.24, 2.45) is 0 Å². The molecule has 1 fully saturated rings. The molecule has 1 aromatic carbocycles. The predicted octanol–water partition coefficient (Wildman–Crippen LogP) is 2.06. The first kappa shape index (κ1) is 16.0. The number of hydrogen-bond acceptors (Lipinski definition) is 4. The Morgan fingerprint density at radius 2 is 2.17 bits per heavy atom. The van der Waals surface area contributed by atoms with E-state index in [-0.39, 0.29) is 24.9 Å². The molecule has 1 atom stereocenters. The number of thiophene rings is 1. The first-order valence-corrected chi connectivity index (χ1v) is 8.66. The molecule has 2 N–H and O–H groups in total. The van der Waals surface area contributed by atoms with Crippen LogP contribution in [0.5, 0.6) is 0 Å². The zero-order valence-electron chi connectivity index (χ0n) is 12.8. The first-order valence-electron chi connectivity index (χ1n) is 7.84. The molecule has 3 rings (SSSR count). The lowest BCUT2D eigenvalue weighted by Gasteiger charge is -2.26. The summed E-state index contributed by atoms with van der Waals surface area (Å²) in [6.07, 6.45) is 1.65. The average molecular weight is 332 g/mol. The molecule has 122 valence electrons. The van der Waals surface area contributed by atoms with Crippen molar-refractivity contribution < 1.29 is 14.7 Å². The highest BCUT2D eigenvalue weighted by Gasteiger charge is 2.21. The van der Waals surface area contributed by atoms with Crippen LogP contribution in [0.25, 0.3) is 10.1 Å². The lowest BCUT2D eigenvalue weighted by molar-refractivity contribution is -0.137. The van der Waals surface area contributed by atoms with Gasteiger partial charge < -0.3 is 15.3 Å². The third-order valence-corrected chi connectivity index (χ3v) is 5.24. The summed E-state index contributed by atoms with van der Waals surface area (Å²) in [7, 11) is 0. The summed E-state index contributed by atoms with van der Waals surface area (Å²) >= 11 is 1.53. The van der Waals surface area contributed by atoms with E-state index < -0.39 is 6.10 Å². The fourth-order valence-electron chi connectivity index (χ4n) is 2.74. The predicted molar refractivity (Wildman–Crippen MR) is 90.2 cm³/mol. The Labute approximate surface area is 138 Å². The molecule has 2 aromatic rings. The van der Waals surface area contributed by atoms with E-state index in [4.69, 9.17) is 0 Å². The molecule has 1 aliphatic rings. The number of amides is 2. The molecular weight excluding hydrogens is 312 g/mol. The van der Waals surface area contributed by atoms with Gasteiger partial charge in [0, 0.05) is 29.1 Å². The van der Waals surface area contributed by atoms with Crippen LogP contribution in [0.2, 0.25) is 0 Å². The lowest BCUT2D eigenvalue weighted by atomic mass is 10.1. The summed E-state index contributed by atoms with van der Waals surface area (Å²) in [5.74, 6) is -0.183. The van der Waals surface area contributed by atoms with E-state index in [1.165, 1.54) is 11.3 Å². The number of nitrogens with zero attached hydrogens (tertiary/aromatic N) is 1. The zero-order valence-corrected chi connectivity index (χ0v) is 13.6. The number of carbonyl (C=O) groups excluding carboxylic acids is 2. The summed E-state index contributed by atoms with van der Waals surface area (Å²) in [5.41, 5.74) is 0. The van der Waals surface area contributed by atoms with Crippen molar-refractivity contribution in [1.82, 2.24) is 10.2 Å². The molecule has 1 unspecified atom stereocenters. The number of benzene rings is 1. The lowest BCUT2D eigenvalue weighted by Crippen LogP contribution is -2.43. The molecule has 0 aliphatic carbocycles. The van der Waals surface area contributed by atoms with E-state index in [1.807, 2.05) is 30.3 Å². The Morgan fingerprint density at radius 3 is 2.96 bits per heavy atom. The molecular formula is C17H20N2O3S. The molecule has 1 aromatic heterocycles. The highest BCUT2D eigenvalue weighted by molar-refractivity contribution is 7.19. The van der Waals surface area contributed by atoms with Crippen molar-refractivity contribution in [1.29, 1.82) is 0 Å². The monoisotopic (exact) mass is 332 g/mol. The van der Waals surface area contributed by atoms with Gasteiger partial charge in [0.15, 0.2) is 0 Å². The minimum Gasteiger partial charge on any atom is -0.386 e. The summed E-state index contributed by atoms with van der Waals surface area (Å²) in [4.78, 5) is 26.1. The Hall–Kier alpha value is -1.92. The molecule has 2 heterocycles. The Kier molecular flexibility index (Phi) is 4.93. The zero-order chi connectivity index (χ0) is 16.2. The van der Waals surface area contributed by atoms with Gasteiger partial charge in [-0.1, -0.05) is 18.2 Å². The average Bonchev–Trinajstić information content (AvgIpc) is 2.99. The maximum atomic E-state index is 12.0. The fourth-order valence-corrected chi connectivity index (χ4v) is 3.79. The number of piperidine rings is 1. The van der Waals surface area contributed by atoms with Gasteiger partial charge in [0.25, 0.3) is 0 Å². The van der Waals surface area contributed by atoms with Gasteiger partial charge in [-0.2, -0.15) is 0 Å². The number of aliphatic hydroxyl groups is 1. The van der Waals surface area contributed by atoms with Gasteiger partial charge >= 0.3 is 0 Å². The van der Waals surface area contributed by atoms with Crippen LogP contribution in [0.15, 0.2) is 30.3 Å². The van der Waals surface area contributed by atoms with Gasteiger partial charge in [-0.05, 0) is 30.4 Å². The maximum Gasteiger partial charge on any atom is 0.239 e. The largest absolute Gasteiger partial charge is 0.386 e. The van der Waals surface area contributed by atoms with Crippen LogP contribution >= 0.6 is 11.3 Å². The molecule has 1 saturated heterocycles. The molecule has 23 heavy (non-hydrogen) atoms. The summed E-state index contributed by atoms with van der Waals surface area (Å²) < 4.78 is 1.12. The highest BCUT2D eigenvalue weighted by atomic mass is 32.1. The second-order valence-corrected chi connectivity index (χ2v) is 6.89. The Morgan fingerprint density at radius 1 is 1.35 bits per heavy atom. The second-order valence-electron chi connectivity index (χ2n) is 5.78. The van der Waals surface area contributed by atoms with Gasteiger partial charge in [0.2, 0.25) is 11.8 Å². The Bertz CT molecular complexity index is 680. The van der Waals surface area contributed by atoms with Crippen LogP contribution < -0.4 is 5.32 Å². The van der Waals surface area contributed by atoms with Crippen LogP contribution in [0, 0.1) is 0 Å². The van der Waals surface area contributed by atoms with E-state index in [0.29, 0.717) is 13.0 Å². The van der Waals surface area contributed by atoms with Crippen molar-refractivity contribution in [3.05, 3.63) is 35.2 Å². The molecule has 1 aliphatic heterocycles. The number of likely N-dealkylation sites (tertiary alicyclic amines) is 1.